The van der Waals surface area contributed by atoms with E-state index in [1.165, 1.54) is 0 Å². The van der Waals surface area contributed by atoms with Gasteiger partial charge in [0.25, 0.3) is 0 Å². The SMILES string of the molecule is CCOC(=O)c1cc(N)ccc1Nc1cccc(Br)c1C. The number of hydrogen-bond donors (Lipinski definition) is 2. The van der Waals surface area contributed by atoms with Crippen LogP contribution in [0.25, 0.3) is 0 Å². The number of ether oxygens (including phenoxy) is 1. The van der Waals surface area contributed by atoms with Crippen molar-refractivity contribution in [1.29, 1.82) is 0 Å². The van der Waals surface area contributed by atoms with E-state index in [-0.39, 0.29) is 5.97 Å². The molecule has 110 valence electrons. The first kappa shape index (κ1) is 15.4. The zero-order valence-corrected chi connectivity index (χ0v) is 13.5. The van der Waals surface area contributed by atoms with Crippen molar-refractivity contribution in [2.75, 3.05) is 17.7 Å². The maximum absolute atomic E-state index is 12.0. The monoisotopic (exact) mass is 348 g/mol. The van der Waals surface area contributed by atoms with E-state index in [0.717, 1.165) is 15.7 Å². The molecule has 0 atom stereocenters. The van der Waals surface area contributed by atoms with Crippen LogP contribution in [0.1, 0.15) is 22.8 Å². The summed E-state index contributed by atoms with van der Waals surface area (Å²) >= 11 is 3.49. The Morgan fingerprint density at radius 2 is 2.05 bits per heavy atom. The Bertz CT molecular complexity index is 671. The van der Waals surface area contributed by atoms with Gasteiger partial charge in [0, 0.05) is 15.8 Å². The number of nitrogen functional groups attached to an aromatic ring is 1. The Morgan fingerprint density at radius 3 is 2.76 bits per heavy atom. The fourth-order valence-electron chi connectivity index (χ4n) is 1.94. The Balaban J connectivity index is 2.40. The van der Waals surface area contributed by atoms with Crippen molar-refractivity contribution >= 4 is 39.0 Å². The molecule has 3 N–H and O–H groups in total. The molecule has 0 fully saturated rings. The minimum absolute atomic E-state index is 0.322. The van der Waals surface area contributed by atoms with E-state index in [1.807, 2.05) is 25.1 Å². The number of carbonyl (C=O) groups excluding carboxylic acids is 1. The number of hydrogen-bond acceptors (Lipinski definition) is 4. The predicted octanol–water partition coefficient (Wildman–Crippen LogP) is 4.26. The topological polar surface area (TPSA) is 64.3 Å². The standard InChI is InChI=1S/C16H17BrN2O2/c1-3-21-16(20)12-9-11(18)7-8-15(12)19-14-6-4-5-13(17)10(14)2/h4-9,19H,3,18H2,1-2H3. The van der Waals surface area contributed by atoms with E-state index in [2.05, 4.69) is 21.2 Å². The van der Waals surface area contributed by atoms with Gasteiger partial charge in [-0.2, -0.15) is 0 Å². The lowest BCUT2D eigenvalue weighted by atomic mass is 10.1. The second-order valence-electron chi connectivity index (χ2n) is 4.56. The fraction of sp³-hybridized carbons (Fsp3) is 0.188. The van der Waals surface area contributed by atoms with Crippen LogP contribution in [0, 0.1) is 6.92 Å². The highest BCUT2D eigenvalue weighted by molar-refractivity contribution is 9.10. The summed E-state index contributed by atoms with van der Waals surface area (Å²) in [5.74, 6) is -0.389. The molecule has 0 saturated carbocycles. The summed E-state index contributed by atoms with van der Waals surface area (Å²) in [5.41, 5.74) is 9.36. The minimum Gasteiger partial charge on any atom is -0.462 e. The molecule has 0 aliphatic carbocycles. The summed E-state index contributed by atoms with van der Waals surface area (Å²) in [6.07, 6.45) is 0. The number of benzene rings is 2. The van der Waals surface area contributed by atoms with E-state index in [1.54, 1.807) is 25.1 Å². The summed E-state index contributed by atoms with van der Waals surface area (Å²) < 4.78 is 6.07. The molecule has 0 heterocycles. The highest BCUT2D eigenvalue weighted by atomic mass is 79.9. The second kappa shape index (κ2) is 6.63. The lowest BCUT2D eigenvalue weighted by Crippen LogP contribution is -2.09. The number of halogens is 1. The Morgan fingerprint density at radius 1 is 1.29 bits per heavy atom. The largest absolute Gasteiger partial charge is 0.462 e. The van der Waals surface area contributed by atoms with Crippen LogP contribution in [0.3, 0.4) is 0 Å². The van der Waals surface area contributed by atoms with Gasteiger partial charge < -0.3 is 15.8 Å². The third-order valence-electron chi connectivity index (χ3n) is 3.08. The molecule has 0 amide bonds. The molecule has 0 aliphatic heterocycles. The Labute approximate surface area is 132 Å². The quantitative estimate of drug-likeness (QED) is 0.639. The van der Waals surface area contributed by atoms with E-state index in [9.17, 15) is 4.79 Å². The molecule has 2 aromatic carbocycles. The average Bonchev–Trinajstić information content (AvgIpc) is 2.46. The van der Waals surface area contributed by atoms with Crippen LogP contribution < -0.4 is 11.1 Å². The molecule has 0 bridgehead atoms. The molecule has 4 nitrogen and oxygen atoms in total. The number of anilines is 3. The van der Waals surface area contributed by atoms with Gasteiger partial charge in [0.1, 0.15) is 0 Å². The van der Waals surface area contributed by atoms with Crippen molar-refractivity contribution in [3.8, 4) is 0 Å². The van der Waals surface area contributed by atoms with E-state index in [4.69, 9.17) is 10.5 Å². The van der Waals surface area contributed by atoms with E-state index in [0.29, 0.717) is 23.5 Å². The number of nitrogens with two attached hydrogens (primary N) is 1. The number of rotatable bonds is 4. The molecule has 0 unspecified atom stereocenters. The molecular formula is C16H17BrN2O2. The smallest absolute Gasteiger partial charge is 0.340 e. The van der Waals surface area contributed by atoms with E-state index >= 15 is 0 Å². The van der Waals surface area contributed by atoms with Crippen molar-refractivity contribution in [3.63, 3.8) is 0 Å². The van der Waals surface area contributed by atoms with Gasteiger partial charge in [0.2, 0.25) is 0 Å². The molecule has 0 radical (unpaired) electrons. The molecule has 0 saturated heterocycles. The molecule has 5 heteroatoms. The van der Waals surface area contributed by atoms with Gasteiger partial charge in [-0.1, -0.05) is 22.0 Å². The van der Waals surface area contributed by atoms with Gasteiger partial charge in [-0.25, -0.2) is 4.79 Å². The fourth-order valence-corrected chi connectivity index (χ4v) is 2.30. The first-order chi connectivity index (χ1) is 10.0. The number of nitrogens with one attached hydrogen (secondary N) is 1. The highest BCUT2D eigenvalue weighted by Crippen LogP contribution is 2.29. The van der Waals surface area contributed by atoms with Gasteiger partial charge in [0.15, 0.2) is 0 Å². The maximum Gasteiger partial charge on any atom is 0.340 e. The van der Waals surface area contributed by atoms with Crippen LogP contribution in [0.2, 0.25) is 0 Å². The van der Waals surface area contributed by atoms with Crippen molar-refractivity contribution < 1.29 is 9.53 Å². The molecule has 0 aromatic heterocycles. The minimum atomic E-state index is -0.389. The van der Waals surface area contributed by atoms with Crippen LogP contribution in [-0.2, 0) is 4.74 Å². The Kier molecular flexibility index (Phi) is 4.85. The molecule has 21 heavy (non-hydrogen) atoms. The summed E-state index contributed by atoms with van der Waals surface area (Å²) in [6, 6.07) is 11.0. The first-order valence-electron chi connectivity index (χ1n) is 6.61. The molecule has 2 rings (SSSR count). The Hall–Kier alpha value is -2.01. The molecule has 2 aromatic rings. The molecule has 0 aliphatic rings. The lowest BCUT2D eigenvalue weighted by Gasteiger charge is -2.14. The zero-order valence-electron chi connectivity index (χ0n) is 11.9. The predicted molar refractivity (Wildman–Crippen MR) is 89.0 cm³/mol. The van der Waals surface area contributed by atoms with Gasteiger partial charge in [-0.3, -0.25) is 0 Å². The van der Waals surface area contributed by atoms with Crippen molar-refractivity contribution in [3.05, 3.63) is 52.0 Å². The summed E-state index contributed by atoms with van der Waals surface area (Å²) in [6.45, 7) is 4.09. The summed E-state index contributed by atoms with van der Waals surface area (Å²) in [7, 11) is 0. The normalized spacial score (nSPS) is 10.2. The van der Waals surface area contributed by atoms with Crippen LogP contribution in [0.5, 0.6) is 0 Å². The van der Waals surface area contributed by atoms with Gasteiger partial charge in [-0.15, -0.1) is 0 Å². The van der Waals surface area contributed by atoms with Gasteiger partial charge in [-0.05, 0) is 49.7 Å². The average molecular weight is 349 g/mol. The van der Waals surface area contributed by atoms with E-state index < -0.39 is 0 Å². The van der Waals surface area contributed by atoms with Crippen molar-refractivity contribution in [1.82, 2.24) is 0 Å². The molecular weight excluding hydrogens is 332 g/mol. The molecule has 0 spiro atoms. The third-order valence-corrected chi connectivity index (χ3v) is 3.94. The summed E-state index contributed by atoms with van der Waals surface area (Å²) in [5, 5.41) is 3.26. The third kappa shape index (κ3) is 3.55. The zero-order chi connectivity index (χ0) is 15.4. The second-order valence-corrected chi connectivity index (χ2v) is 5.42. The number of carbonyl (C=O) groups is 1. The van der Waals surface area contributed by atoms with Crippen molar-refractivity contribution in [2.24, 2.45) is 0 Å². The van der Waals surface area contributed by atoms with Crippen LogP contribution in [0.4, 0.5) is 17.1 Å². The van der Waals surface area contributed by atoms with Gasteiger partial charge >= 0.3 is 5.97 Å². The van der Waals surface area contributed by atoms with Crippen LogP contribution in [-0.4, -0.2) is 12.6 Å². The van der Waals surface area contributed by atoms with Gasteiger partial charge in [0.05, 0.1) is 17.9 Å². The maximum atomic E-state index is 12.0. The lowest BCUT2D eigenvalue weighted by molar-refractivity contribution is 0.0527. The number of esters is 1. The summed E-state index contributed by atoms with van der Waals surface area (Å²) in [4.78, 5) is 12.0. The highest BCUT2D eigenvalue weighted by Gasteiger charge is 2.14. The first-order valence-corrected chi connectivity index (χ1v) is 7.41. The van der Waals surface area contributed by atoms with Crippen LogP contribution >= 0.6 is 15.9 Å². The van der Waals surface area contributed by atoms with Crippen LogP contribution in [0.15, 0.2) is 40.9 Å². The van der Waals surface area contributed by atoms with Crippen molar-refractivity contribution in [2.45, 2.75) is 13.8 Å².